The fraction of sp³-hybridized carbons (Fsp3) is 0.0213. The normalized spacial score (nSPS) is 11.9. The van der Waals surface area contributed by atoms with Crippen LogP contribution in [-0.4, -0.2) is 23.7 Å². The molecule has 0 radical (unpaired) electrons. The summed E-state index contributed by atoms with van der Waals surface area (Å²) in [4.78, 5) is 11.0. The summed E-state index contributed by atoms with van der Waals surface area (Å²) in [6.45, 7) is 2.15. The minimum absolute atomic E-state index is 0.657. The van der Waals surface area contributed by atoms with E-state index in [2.05, 4.69) is 190 Å². The van der Waals surface area contributed by atoms with Gasteiger partial charge < -0.3 is 4.57 Å². The lowest BCUT2D eigenvalue weighted by molar-refractivity contribution is 0.991. The third-order valence-corrected chi connectivity index (χ3v) is 10.5. The van der Waals surface area contributed by atoms with Crippen molar-refractivity contribution in [2.45, 2.75) is 6.92 Å². The molecule has 5 heteroatoms. The molecule has 4 aromatic heterocycles. The number of aryl methyl sites for hydroxylation is 1. The molecule has 0 saturated carbocycles. The fourth-order valence-electron chi connectivity index (χ4n) is 8.31. The molecule has 11 aromatic rings. The van der Waals surface area contributed by atoms with Gasteiger partial charge in [-0.3, -0.25) is 9.13 Å². The molecule has 0 aliphatic rings. The lowest BCUT2D eigenvalue weighted by atomic mass is 10.1. The van der Waals surface area contributed by atoms with Crippen molar-refractivity contribution in [3.8, 4) is 28.7 Å². The van der Waals surface area contributed by atoms with Gasteiger partial charge in [-0.15, -0.1) is 0 Å². The van der Waals surface area contributed by atoms with Crippen LogP contribution in [0.1, 0.15) is 5.56 Å². The molecule has 7 aromatic carbocycles. The van der Waals surface area contributed by atoms with Gasteiger partial charge in [0.25, 0.3) is 0 Å². The van der Waals surface area contributed by atoms with E-state index in [0.717, 1.165) is 56.0 Å². The summed E-state index contributed by atoms with van der Waals surface area (Å²) in [7, 11) is 0. The first-order valence-corrected chi connectivity index (χ1v) is 17.7. The molecular formula is C47H31N5. The highest BCUT2D eigenvalue weighted by molar-refractivity contribution is 6.11. The van der Waals surface area contributed by atoms with E-state index in [1.54, 1.807) is 0 Å². The Kier molecular flexibility index (Phi) is 6.10. The van der Waals surface area contributed by atoms with Crippen LogP contribution >= 0.6 is 0 Å². The van der Waals surface area contributed by atoms with Gasteiger partial charge in [0.1, 0.15) is 11.6 Å². The summed E-state index contributed by atoms with van der Waals surface area (Å²) < 4.78 is 6.95. The van der Waals surface area contributed by atoms with Crippen molar-refractivity contribution >= 4 is 65.4 Å². The average Bonchev–Trinajstić information content (AvgIpc) is 3.83. The lowest BCUT2D eigenvalue weighted by Gasteiger charge is -2.16. The zero-order chi connectivity index (χ0) is 34.3. The Balaban J connectivity index is 1.27. The Bertz CT molecular complexity index is 3110. The van der Waals surface area contributed by atoms with Crippen LogP contribution in [0.2, 0.25) is 0 Å². The van der Waals surface area contributed by atoms with Crippen molar-refractivity contribution in [3.63, 3.8) is 0 Å². The van der Waals surface area contributed by atoms with E-state index in [4.69, 9.17) is 9.97 Å². The predicted octanol–water partition coefficient (Wildman–Crippen LogP) is 11.7. The van der Waals surface area contributed by atoms with Crippen LogP contribution in [0.5, 0.6) is 0 Å². The van der Waals surface area contributed by atoms with E-state index < -0.39 is 0 Å². The van der Waals surface area contributed by atoms with Gasteiger partial charge in [-0.25, -0.2) is 9.97 Å². The molecule has 0 fully saturated rings. The SMILES string of the molecule is Cc1ccc2c(c1)c1ccccc1n2-c1cc(-n2c3ccccc3c3ccccc32)nc(-c2ccccc2-n2c3ccccc3c3ccccc32)n1. The summed E-state index contributed by atoms with van der Waals surface area (Å²) >= 11 is 0. The van der Waals surface area contributed by atoms with E-state index in [1.807, 2.05) is 0 Å². The van der Waals surface area contributed by atoms with E-state index in [0.29, 0.717) is 5.82 Å². The number of nitrogens with zero attached hydrogens (tertiary/aromatic N) is 5. The number of aromatic nitrogens is 5. The molecule has 0 N–H and O–H groups in total. The van der Waals surface area contributed by atoms with Crippen molar-refractivity contribution in [1.29, 1.82) is 0 Å². The minimum Gasteiger partial charge on any atom is -0.309 e. The third kappa shape index (κ3) is 4.11. The van der Waals surface area contributed by atoms with Crippen LogP contribution in [0.15, 0.2) is 170 Å². The highest BCUT2D eigenvalue weighted by atomic mass is 15.1. The smallest absolute Gasteiger partial charge is 0.166 e. The summed E-state index contributed by atoms with van der Waals surface area (Å²) in [5, 5.41) is 7.23. The van der Waals surface area contributed by atoms with Gasteiger partial charge in [0.2, 0.25) is 0 Å². The lowest BCUT2D eigenvalue weighted by Crippen LogP contribution is -2.07. The van der Waals surface area contributed by atoms with Crippen molar-refractivity contribution in [2.24, 2.45) is 0 Å². The Hall–Kier alpha value is -6.98. The van der Waals surface area contributed by atoms with Crippen LogP contribution in [0.3, 0.4) is 0 Å². The molecule has 0 atom stereocenters. The third-order valence-electron chi connectivity index (χ3n) is 10.5. The van der Waals surface area contributed by atoms with E-state index in [1.165, 1.54) is 37.9 Å². The largest absolute Gasteiger partial charge is 0.309 e. The van der Waals surface area contributed by atoms with Gasteiger partial charge in [0.15, 0.2) is 5.82 Å². The van der Waals surface area contributed by atoms with Gasteiger partial charge in [-0.1, -0.05) is 115 Å². The van der Waals surface area contributed by atoms with Crippen molar-refractivity contribution in [3.05, 3.63) is 175 Å². The second-order valence-electron chi connectivity index (χ2n) is 13.5. The van der Waals surface area contributed by atoms with Crippen LogP contribution in [0, 0.1) is 6.92 Å². The topological polar surface area (TPSA) is 40.6 Å². The minimum atomic E-state index is 0.657. The van der Waals surface area contributed by atoms with E-state index >= 15 is 0 Å². The number of hydrogen-bond acceptors (Lipinski definition) is 2. The molecule has 0 bridgehead atoms. The molecule has 5 nitrogen and oxygen atoms in total. The molecule has 4 heterocycles. The van der Waals surface area contributed by atoms with E-state index in [9.17, 15) is 0 Å². The number of benzene rings is 7. The average molecular weight is 666 g/mol. The first-order valence-electron chi connectivity index (χ1n) is 17.7. The number of rotatable bonds is 4. The molecule has 0 unspecified atom stereocenters. The number of hydrogen-bond donors (Lipinski definition) is 0. The van der Waals surface area contributed by atoms with Crippen molar-refractivity contribution in [2.75, 3.05) is 0 Å². The Labute approximate surface area is 299 Å². The molecule has 11 rings (SSSR count). The molecule has 244 valence electrons. The fourth-order valence-corrected chi connectivity index (χ4v) is 8.31. The molecular weight excluding hydrogens is 635 g/mol. The standard InChI is InChI=1S/C47H31N5/c1-30-26-27-44-37(28-30)35-18-6-12-24-42(35)52(44)46-29-45(51-40-22-10-4-16-33(40)34-17-5-11-23-41(34)51)48-47(49-46)36-19-7-13-25-43(36)50-38-20-8-2-14-31(38)32-15-3-9-21-39(32)50/h2-29H,1H3. The zero-order valence-electron chi connectivity index (χ0n) is 28.4. The number of para-hydroxylation sites is 6. The van der Waals surface area contributed by atoms with Gasteiger partial charge in [-0.2, -0.15) is 0 Å². The second-order valence-corrected chi connectivity index (χ2v) is 13.5. The molecule has 0 spiro atoms. The highest BCUT2D eigenvalue weighted by Crippen LogP contribution is 2.38. The van der Waals surface area contributed by atoms with Crippen molar-refractivity contribution < 1.29 is 0 Å². The van der Waals surface area contributed by atoms with Crippen LogP contribution in [0.25, 0.3) is 94.1 Å². The Morgan fingerprint density at radius 2 is 0.731 bits per heavy atom. The van der Waals surface area contributed by atoms with Crippen molar-refractivity contribution in [1.82, 2.24) is 23.7 Å². The maximum Gasteiger partial charge on any atom is 0.166 e. The predicted molar refractivity (Wildman–Crippen MR) is 215 cm³/mol. The molecule has 52 heavy (non-hydrogen) atoms. The number of fused-ring (bicyclic) bond motifs is 9. The Morgan fingerprint density at radius 3 is 1.23 bits per heavy atom. The van der Waals surface area contributed by atoms with Crippen LogP contribution in [0.4, 0.5) is 0 Å². The molecule has 0 saturated heterocycles. The molecule has 0 aliphatic carbocycles. The summed E-state index contributed by atoms with van der Waals surface area (Å²) in [6.07, 6.45) is 0. The summed E-state index contributed by atoms with van der Waals surface area (Å²) in [5.41, 5.74) is 9.93. The van der Waals surface area contributed by atoms with Gasteiger partial charge >= 0.3 is 0 Å². The van der Waals surface area contributed by atoms with Crippen LogP contribution < -0.4 is 0 Å². The highest BCUT2D eigenvalue weighted by Gasteiger charge is 2.22. The first kappa shape index (κ1) is 28.8. The molecule has 0 amide bonds. The maximum atomic E-state index is 5.49. The quantitative estimate of drug-likeness (QED) is 0.188. The monoisotopic (exact) mass is 665 g/mol. The van der Waals surface area contributed by atoms with E-state index in [-0.39, 0.29) is 0 Å². The Morgan fingerprint density at radius 1 is 0.346 bits per heavy atom. The zero-order valence-corrected chi connectivity index (χ0v) is 28.4. The first-order chi connectivity index (χ1) is 25.7. The van der Waals surface area contributed by atoms with Crippen LogP contribution in [-0.2, 0) is 0 Å². The van der Waals surface area contributed by atoms with Gasteiger partial charge in [0, 0.05) is 43.9 Å². The summed E-state index contributed by atoms with van der Waals surface area (Å²) in [6, 6.07) is 60.5. The van der Waals surface area contributed by atoms with Gasteiger partial charge in [0.05, 0.1) is 38.8 Å². The summed E-state index contributed by atoms with van der Waals surface area (Å²) in [5.74, 6) is 2.28. The van der Waals surface area contributed by atoms with Gasteiger partial charge in [-0.05, 0) is 61.5 Å². The second kappa shape index (κ2) is 11.0. The molecule has 0 aliphatic heterocycles. The maximum absolute atomic E-state index is 5.49.